The van der Waals surface area contributed by atoms with E-state index in [4.69, 9.17) is 0 Å². The summed E-state index contributed by atoms with van der Waals surface area (Å²) >= 11 is 0. The third-order valence-corrected chi connectivity index (χ3v) is 2.63. The molecule has 0 aliphatic carbocycles. The summed E-state index contributed by atoms with van der Waals surface area (Å²) in [5.74, 6) is 0.0972. The highest BCUT2D eigenvalue weighted by Gasteiger charge is 2.26. The van der Waals surface area contributed by atoms with Gasteiger partial charge in [-0.1, -0.05) is 0 Å². The number of nitrogens with one attached hydrogen (secondary N) is 4. The van der Waals surface area contributed by atoms with E-state index in [9.17, 15) is 4.79 Å². The van der Waals surface area contributed by atoms with E-state index in [1.54, 1.807) is 0 Å². The van der Waals surface area contributed by atoms with Crippen molar-refractivity contribution in [2.75, 3.05) is 19.6 Å². The van der Waals surface area contributed by atoms with Crippen LogP contribution in [0.3, 0.4) is 0 Å². The van der Waals surface area contributed by atoms with Crippen molar-refractivity contribution < 1.29 is 4.79 Å². The molecule has 5 nitrogen and oxygen atoms in total. The summed E-state index contributed by atoms with van der Waals surface area (Å²) in [6.07, 6.45) is 2.37. The Hall–Kier alpha value is -0.650. The average molecular weight is 184 g/mol. The molecule has 5 heteroatoms. The van der Waals surface area contributed by atoms with Gasteiger partial charge in [0, 0.05) is 25.2 Å². The summed E-state index contributed by atoms with van der Waals surface area (Å²) < 4.78 is 0. The molecule has 0 aromatic carbocycles. The first-order valence-electron chi connectivity index (χ1n) is 4.85. The summed E-state index contributed by atoms with van der Waals surface area (Å²) in [6.45, 7) is 2.22. The zero-order valence-corrected chi connectivity index (χ0v) is 7.60. The van der Waals surface area contributed by atoms with E-state index in [0.29, 0.717) is 18.6 Å². The minimum Gasteiger partial charge on any atom is -0.353 e. The standard InChI is InChI=1S/C8H16N4O/c13-8-5-9-7(4-10-8)6-2-1-3-11-12-6/h6-7,9,11-12H,1-5H2,(H,10,13). The van der Waals surface area contributed by atoms with Crippen LogP contribution in [0.1, 0.15) is 12.8 Å². The Labute approximate surface area is 77.6 Å². The zero-order valence-electron chi connectivity index (χ0n) is 7.60. The van der Waals surface area contributed by atoms with Crippen molar-refractivity contribution in [2.45, 2.75) is 24.9 Å². The summed E-state index contributed by atoms with van der Waals surface area (Å²) in [4.78, 5) is 10.9. The highest BCUT2D eigenvalue weighted by atomic mass is 16.2. The van der Waals surface area contributed by atoms with E-state index in [1.165, 1.54) is 12.8 Å². The Kier molecular flexibility index (Phi) is 2.77. The number of piperazine rings is 1. The molecule has 2 aliphatic heterocycles. The minimum absolute atomic E-state index is 0.0972. The molecular formula is C8H16N4O. The zero-order chi connectivity index (χ0) is 9.10. The van der Waals surface area contributed by atoms with Gasteiger partial charge in [-0.2, -0.15) is 0 Å². The summed E-state index contributed by atoms with van der Waals surface area (Å²) in [6, 6.07) is 0.805. The molecule has 2 heterocycles. The van der Waals surface area contributed by atoms with Crippen LogP contribution in [0.4, 0.5) is 0 Å². The van der Waals surface area contributed by atoms with Crippen LogP contribution < -0.4 is 21.5 Å². The molecule has 0 aromatic rings. The molecular weight excluding hydrogens is 168 g/mol. The smallest absolute Gasteiger partial charge is 0.234 e. The second kappa shape index (κ2) is 4.04. The molecule has 2 rings (SSSR count). The maximum absolute atomic E-state index is 10.9. The molecule has 2 fully saturated rings. The highest BCUT2D eigenvalue weighted by molar-refractivity contribution is 5.78. The lowest BCUT2D eigenvalue weighted by Gasteiger charge is -2.34. The highest BCUT2D eigenvalue weighted by Crippen LogP contribution is 2.06. The van der Waals surface area contributed by atoms with Crippen LogP contribution in [0.5, 0.6) is 0 Å². The van der Waals surface area contributed by atoms with Crippen molar-refractivity contribution in [1.82, 2.24) is 21.5 Å². The first-order valence-corrected chi connectivity index (χ1v) is 4.85. The van der Waals surface area contributed by atoms with Crippen LogP contribution >= 0.6 is 0 Å². The van der Waals surface area contributed by atoms with Crippen LogP contribution in [-0.4, -0.2) is 37.6 Å². The molecule has 2 atom stereocenters. The second-order valence-corrected chi connectivity index (χ2v) is 3.61. The Morgan fingerprint density at radius 3 is 2.85 bits per heavy atom. The molecule has 13 heavy (non-hydrogen) atoms. The Morgan fingerprint density at radius 2 is 2.23 bits per heavy atom. The monoisotopic (exact) mass is 184 g/mol. The molecule has 74 valence electrons. The van der Waals surface area contributed by atoms with E-state index in [0.717, 1.165) is 13.1 Å². The summed E-state index contributed by atoms with van der Waals surface area (Å²) in [7, 11) is 0. The van der Waals surface area contributed by atoms with Gasteiger partial charge in [-0.05, 0) is 12.8 Å². The predicted molar refractivity (Wildman–Crippen MR) is 49.0 cm³/mol. The summed E-state index contributed by atoms with van der Waals surface area (Å²) in [5, 5.41) is 6.08. The molecule has 4 N–H and O–H groups in total. The van der Waals surface area contributed by atoms with Crippen LogP contribution in [0, 0.1) is 0 Å². The van der Waals surface area contributed by atoms with E-state index in [1.807, 2.05) is 0 Å². The van der Waals surface area contributed by atoms with Gasteiger partial charge in [-0.25, -0.2) is 0 Å². The van der Waals surface area contributed by atoms with Gasteiger partial charge in [0.25, 0.3) is 0 Å². The first-order chi connectivity index (χ1) is 6.36. The topological polar surface area (TPSA) is 65.2 Å². The maximum Gasteiger partial charge on any atom is 0.234 e. The summed E-state index contributed by atoms with van der Waals surface area (Å²) in [5.41, 5.74) is 6.38. The largest absolute Gasteiger partial charge is 0.353 e. The van der Waals surface area contributed by atoms with Gasteiger partial charge < -0.3 is 10.6 Å². The molecule has 0 aromatic heterocycles. The van der Waals surface area contributed by atoms with Gasteiger partial charge >= 0.3 is 0 Å². The lowest BCUT2D eigenvalue weighted by atomic mass is 10.0. The number of amides is 1. The van der Waals surface area contributed by atoms with Crippen LogP contribution in [-0.2, 0) is 4.79 Å². The molecule has 2 saturated heterocycles. The van der Waals surface area contributed by atoms with Crippen molar-refractivity contribution in [3.05, 3.63) is 0 Å². The third kappa shape index (κ3) is 2.18. The quantitative estimate of drug-likeness (QED) is 0.393. The number of hydrogen-bond acceptors (Lipinski definition) is 4. The Balaban J connectivity index is 1.82. The minimum atomic E-state index is 0.0972. The fraction of sp³-hybridized carbons (Fsp3) is 0.875. The van der Waals surface area contributed by atoms with Crippen molar-refractivity contribution in [1.29, 1.82) is 0 Å². The lowest BCUT2D eigenvalue weighted by Crippen LogP contribution is -2.63. The SMILES string of the molecule is O=C1CNC(C2CCCNN2)CN1. The van der Waals surface area contributed by atoms with Gasteiger partial charge in [0.2, 0.25) is 5.91 Å². The van der Waals surface area contributed by atoms with Gasteiger partial charge in [-0.3, -0.25) is 15.6 Å². The van der Waals surface area contributed by atoms with Crippen molar-refractivity contribution >= 4 is 5.91 Å². The first kappa shape index (κ1) is 8.93. The second-order valence-electron chi connectivity index (χ2n) is 3.61. The maximum atomic E-state index is 10.9. The number of carbonyl (C=O) groups is 1. The number of hydrogen-bond donors (Lipinski definition) is 4. The predicted octanol–water partition coefficient (Wildman–Crippen LogP) is -1.67. The molecule has 2 aliphatic rings. The van der Waals surface area contributed by atoms with Gasteiger partial charge in [0.15, 0.2) is 0 Å². The molecule has 0 saturated carbocycles. The fourth-order valence-electron chi connectivity index (χ4n) is 1.85. The normalized spacial score (nSPS) is 35.5. The molecule has 0 radical (unpaired) electrons. The Morgan fingerprint density at radius 1 is 1.31 bits per heavy atom. The Bertz CT molecular complexity index is 181. The van der Waals surface area contributed by atoms with Gasteiger partial charge in [-0.15, -0.1) is 0 Å². The average Bonchev–Trinajstić information content (AvgIpc) is 2.20. The molecule has 0 spiro atoms. The molecule has 1 amide bonds. The number of carbonyl (C=O) groups excluding carboxylic acids is 1. The van der Waals surface area contributed by atoms with E-state index < -0.39 is 0 Å². The van der Waals surface area contributed by atoms with Gasteiger partial charge in [0.05, 0.1) is 6.54 Å². The molecule has 2 unspecified atom stereocenters. The van der Waals surface area contributed by atoms with E-state index in [-0.39, 0.29) is 5.91 Å². The van der Waals surface area contributed by atoms with Crippen LogP contribution in [0.25, 0.3) is 0 Å². The molecule has 0 bridgehead atoms. The van der Waals surface area contributed by atoms with E-state index in [2.05, 4.69) is 21.5 Å². The van der Waals surface area contributed by atoms with Crippen LogP contribution in [0.2, 0.25) is 0 Å². The van der Waals surface area contributed by atoms with Crippen molar-refractivity contribution in [2.24, 2.45) is 0 Å². The van der Waals surface area contributed by atoms with E-state index >= 15 is 0 Å². The van der Waals surface area contributed by atoms with Gasteiger partial charge in [0.1, 0.15) is 0 Å². The van der Waals surface area contributed by atoms with Crippen molar-refractivity contribution in [3.8, 4) is 0 Å². The lowest BCUT2D eigenvalue weighted by molar-refractivity contribution is -0.121. The third-order valence-electron chi connectivity index (χ3n) is 2.63. The fourth-order valence-corrected chi connectivity index (χ4v) is 1.85. The van der Waals surface area contributed by atoms with Crippen molar-refractivity contribution in [3.63, 3.8) is 0 Å². The number of rotatable bonds is 1. The number of hydrazine groups is 1. The van der Waals surface area contributed by atoms with Crippen LogP contribution in [0.15, 0.2) is 0 Å².